The van der Waals surface area contributed by atoms with Gasteiger partial charge in [-0.1, -0.05) is 18.2 Å². The molecular formula is C30H30O8. The molecule has 0 spiro atoms. The van der Waals surface area contributed by atoms with Crippen LogP contribution in [0.25, 0.3) is 12.2 Å². The highest BCUT2D eigenvalue weighted by Crippen LogP contribution is 2.36. The lowest BCUT2D eigenvalue weighted by molar-refractivity contribution is 0.104. The number of allylic oxidation sites excluding steroid dienone is 2. The van der Waals surface area contributed by atoms with Crippen LogP contribution in [0, 0.1) is 0 Å². The first kappa shape index (κ1) is 27.9. The fraction of sp³-hybridized carbons (Fsp3) is 0.200. The van der Waals surface area contributed by atoms with E-state index in [0.717, 1.165) is 0 Å². The fourth-order valence-electron chi connectivity index (χ4n) is 3.72. The highest BCUT2D eigenvalue weighted by atomic mass is 16.5. The second-order valence-electron chi connectivity index (χ2n) is 7.87. The predicted octanol–water partition coefficient (Wildman–Crippen LogP) is 5.53. The average molecular weight is 519 g/mol. The van der Waals surface area contributed by atoms with Crippen LogP contribution in [-0.2, 0) is 0 Å². The largest absolute Gasteiger partial charge is 0.496 e. The van der Waals surface area contributed by atoms with Crippen molar-refractivity contribution in [1.82, 2.24) is 0 Å². The van der Waals surface area contributed by atoms with Crippen molar-refractivity contribution in [3.63, 3.8) is 0 Å². The van der Waals surface area contributed by atoms with Gasteiger partial charge in [-0.2, -0.15) is 0 Å². The Morgan fingerprint density at radius 1 is 0.500 bits per heavy atom. The van der Waals surface area contributed by atoms with Crippen molar-refractivity contribution in [2.75, 3.05) is 42.7 Å². The summed E-state index contributed by atoms with van der Waals surface area (Å²) in [5.74, 6) is 2.52. The van der Waals surface area contributed by atoms with E-state index in [2.05, 4.69) is 0 Å². The van der Waals surface area contributed by atoms with E-state index in [1.807, 2.05) is 0 Å². The van der Waals surface area contributed by atoms with Crippen LogP contribution in [0.3, 0.4) is 0 Å². The molecule has 0 saturated heterocycles. The number of carbonyl (C=O) groups excluding carboxylic acids is 2. The van der Waals surface area contributed by atoms with Crippen LogP contribution in [0.15, 0.2) is 60.7 Å². The van der Waals surface area contributed by atoms with Gasteiger partial charge in [-0.05, 0) is 42.5 Å². The monoisotopic (exact) mass is 518 g/mol. The molecule has 0 atom stereocenters. The molecule has 0 aromatic heterocycles. The summed E-state index contributed by atoms with van der Waals surface area (Å²) in [7, 11) is 9.18. The number of ketones is 2. The molecule has 0 unspecified atom stereocenters. The number of hydrogen-bond donors (Lipinski definition) is 0. The lowest BCUT2D eigenvalue weighted by Gasteiger charge is -2.12. The van der Waals surface area contributed by atoms with Crippen LogP contribution in [-0.4, -0.2) is 54.2 Å². The molecule has 0 bridgehead atoms. The van der Waals surface area contributed by atoms with Gasteiger partial charge < -0.3 is 28.4 Å². The van der Waals surface area contributed by atoms with Gasteiger partial charge in [0, 0.05) is 34.4 Å². The van der Waals surface area contributed by atoms with Crippen molar-refractivity contribution in [2.45, 2.75) is 0 Å². The van der Waals surface area contributed by atoms with Gasteiger partial charge in [0.15, 0.2) is 34.6 Å². The van der Waals surface area contributed by atoms with Gasteiger partial charge >= 0.3 is 0 Å². The summed E-state index contributed by atoms with van der Waals surface area (Å²) in [6.45, 7) is 0. The van der Waals surface area contributed by atoms with Gasteiger partial charge in [-0.15, -0.1) is 0 Å². The number of carbonyl (C=O) groups is 2. The maximum absolute atomic E-state index is 12.9. The third-order valence-corrected chi connectivity index (χ3v) is 5.73. The molecule has 0 amide bonds. The summed E-state index contributed by atoms with van der Waals surface area (Å²) < 4.78 is 32.1. The van der Waals surface area contributed by atoms with Crippen LogP contribution >= 0.6 is 0 Å². The maximum Gasteiger partial charge on any atom is 0.185 e. The Morgan fingerprint density at radius 2 is 0.842 bits per heavy atom. The lowest BCUT2D eigenvalue weighted by Crippen LogP contribution is -2.00. The minimum Gasteiger partial charge on any atom is -0.496 e. The van der Waals surface area contributed by atoms with Crippen molar-refractivity contribution in [2.24, 2.45) is 0 Å². The zero-order valence-electron chi connectivity index (χ0n) is 22.2. The van der Waals surface area contributed by atoms with Crippen molar-refractivity contribution >= 4 is 23.7 Å². The summed E-state index contributed by atoms with van der Waals surface area (Å²) >= 11 is 0. The standard InChI is InChI=1S/C30H30O8/c1-33-25-17-29(37-5)27(35-3)15-21(25)10-12-23(31)19-8-7-9-20(14-19)24(32)13-11-22-16-28(36-4)30(38-6)18-26(22)34-2/h7-18H,1-6H3/b12-10+,13-11+. The molecule has 8 nitrogen and oxygen atoms in total. The van der Waals surface area contributed by atoms with Gasteiger partial charge in [0.25, 0.3) is 0 Å². The number of benzene rings is 3. The zero-order chi connectivity index (χ0) is 27.7. The van der Waals surface area contributed by atoms with Gasteiger partial charge in [-0.3, -0.25) is 9.59 Å². The summed E-state index contributed by atoms with van der Waals surface area (Å²) in [6, 6.07) is 13.3. The van der Waals surface area contributed by atoms with Crippen molar-refractivity contribution in [3.8, 4) is 34.5 Å². The first-order valence-electron chi connectivity index (χ1n) is 11.5. The zero-order valence-corrected chi connectivity index (χ0v) is 22.2. The molecular weight excluding hydrogens is 488 g/mol. The molecule has 0 N–H and O–H groups in total. The molecule has 0 heterocycles. The van der Waals surface area contributed by atoms with E-state index < -0.39 is 0 Å². The molecule has 0 radical (unpaired) electrons. The molecule has 0 aliphatic heterocycles. The van der Waals surface area contributed by atoms with E-state index in [1.54, 1.807) is 60.7 Å². The number of rotatable bonds is 12. The highest BCUT2D eigenvalue weighted by Gasteiger charge is 2.13. The number of methoxy groups -OCH3 is 6. The summed E-state index contributed by atoms with van der Waals surface area (Å²) in [6.07, 6.45) is 6.08. The number of hydrogen-bond acceptors (Lipinski definition) is 8. The van der Waals surface area contributed by atoms with E-state index >= 15 is 0 Å². The maximum atomic E-state index is 12.9. The molecule has 8 heteroatoms. The first-order valence-corrected chi connectivity index (χ1v) is 11.5. The van der Waals surface area contributed by atoms with Gasteiger partial charge in [0.05, 0.1) is 42.7 Å². The second kappa shape index (κ2) is 13.0. The fourth-order valence-corrected chi connectivity index (χ4v) is 3.72. The molecule has 0 aliphatic rings. The minimum absolute atomic E-state index is 0.276. The molecule has 198 valence electrons. The van der Waals surface area contributed by atoms with E-state index in [1.165, 1.54) is 54.8 Å². The Balaban J connectivity index is 1.83. The third kappa shape index (κ3) is 6.34. The predicted molar refractivity (Wildman–Crippen MR) is 145 cm³/mol. The van der Waals surface area contributed by atoms with E-state index in [9.17, 15) is 9.59 Å². The van der Waals surface area contributed by atoms with Crippen LogP contribution in [0.5, 0.6) is 34.5 Å². The quantitative estimate of drug-likeness (QED) is 0.228. The summed E-state index contributed by atoms with van der Waals surface area (Å²) in [5, 5.41) is 0. The molecule has 0 aliphatic carbocycles. The normalized spacial score (nSPS) is 10.9. The van der Waals surface area contributed by atoms with E-state index in [-0.39, 0.29) is 11.6 Å². The first-order chi connectivity index (χ1) is 18.4. The second-order valence-corrected chi connectivity index (χ2v) is 7.87. The average Bonchev–Trinajstić information content (AvgIpc) is 2.97. The minimum atomic E-state index is -0.276. The Kier molecular flexibility index (Phi) is 9.54. The molecule has 3 aromatic carbocycles. The van der Waals surface area contributed by atoms with Crippen molar-refractivity contribution < 1.29 is 38.0 Å². The van der Waals surface area contributed by atoms with Crippen LogP contribution < -0.4 is 28.4 Å². The SMILES string of the molecule is COc1cc(OC)c(OC)cc1/C=C/C(=O)c1cccc(C(=O)/C=C/c2cc(OC)c(OC)cc2OC)c1. The van der Waals surface area contributed by atoms with E-state index in [4.69, 9.17) is 28.4 Å². The molecule has 3 rings (SSSR count). The van der Waals surface area contributed by atoms with Crippen LogP contribution in [0.1, 0.15) is 31.8 Å². The van der Waals surface area contributed by atoms with Gasteiger partial charge in [0.1, 0.15) is 11.5 Å². The van der Waals surface area contributed by atoms with Crippen molar-refractivity contribution in [3.05, 3.63) is 82.9 Å². The summed E-state index contributed by atoms with van der Waals surface area (Å²) in [4.78, 5) is 25.8. The van der Waals surface area contributed by atoms with Crippen LogP contribution in [0.4, 0.5) is 0 Å². The molecule has 0 saturated carbocycles. The Morgan fingerprint density at radius 3 is 1.18 bits per heavy atom. The van der Waals surface area contributed by atoms with Gasteiger partial charge in [-0.25, -0.2) is 0 Å². The Hall–Kier alpha value is -4.72. The molecule has 0 fully saturated rings. The molecule has 3 aromatic rings. The lowest BCUT2D eigenvalue weighted by atomic mass is 10.0. The smallest absolute Gasteiger partial charge is 0.185 e. The van der Waals surface area contributed by atoms with Crippen LogP contribution in [0.2, 0.25) is 0 Å². The van der Waals surface area contributed by atoms with Gasteiger partial charge in [0.2, 0.25) is 0 Å². The third-order valence-electron chi connectivity index (χ3n) is 5.73. The highest BCUT2D eigenvalue weighted by molar-refractivity contribution is 6.11. The van der Waals surface area contributed by atoms with E-state index in [0.29, 0.717) is 56.8 Å². The number of ether oxygens (including phenoxy) is 6. The summed E-state index contributed by atoms with van der Waals surface area (Å²) in [5.41, 5.74) is 2.00. The molecule has 38 heavy (non-hydrogen) atoms. The van der Waals surface area contributed by atoms with Crippen molar-refractivity contribution in [1.29, 1.82) is 0 Å². The Labute approximate surface area is 222 Å². The Bertz CT molecular complexity index is 1270. The topological polar surface area (TPSA) is 89.5 Å².